The lowest BCUT2D eigenvalue weighted by atomic mass is 9.81. The van der Waals surface area contributed by atoms with Crippen LogP contribution in [0.2, 0.25) is 0 Å². The molecule has 5 rings (SSSR count). The minimum absolute atomic E-state index is 0.0281. The molecule has 0 aliphatic carbocycles. The van der Waals surface area contributed by atoms with E-state index in [0.29, 0.717) is 54.1 Å². The van der Waals surface area contributed by atoms with Crippen molar-refractivity contribution in [1.82, 2.24) is 14.7 Å². The first kappa shape index (κ1) is 22.4. The third-order valence-corrected chi connectivity index (χ3v) is 6.52. The number of carbonyl (C=O) groups excluding carboxylic acids is 1. The first-order valence-electron chi connectivity index (χ1n) is 11.5. The number of nitrogens with zero attached hydrogens (tertiary/aromatic N) is 3. The van der Waals surface area contributed by atoms with E-state index in [4.69, 9.17) is 9.47 Å². The first-order chi connectivity index (χ1) is 16.3. The summed E-state index contributed by atoms with van der Waals surface area (Å²) in [5.41, 5.74) is 2.81. The molecule has 1 saturated heterocycles. The van der Waals surface area contributed by atoms with E-state index in [2.05, 4.69) is 5.10 Å². The maximum Gasteiger partial charge on any atom is 0.253 e. The molecule has 1 N–H and O–H groups in total. The van der Waals surface area contributed by atoms with Crippen molar-refractivity contribution in [3.63, 3.8) is 0 Å². The number of amides is 1. The van der Waals surface area contributed by atoms with Crippen molar-refractivity contribution in [1.29, 1.82) is 0 Å². The molecule has 1 fully saturated rings. The van der Waals surface area contributed by atoms with Crippen LogP contribution >= 0.6 is 0 Å². The van der Waals surface area contributed by atoms with Crippen LogP contribution in [0.1, 0.15) is 48.2 Å². The molecule has 2 aliphatic heterocycles. The van der Waals surface area contributed by atoms with E-state index < -0.39 is 5.60 Å². The van der Waals surface area contributed by atoms with Gasteiger partial charge in [-0.05, 0) is 50.2 Å². The number of aromatic nitrogens is 2. The van der Waals surface area contributed by atoms with Gasteiger partial charge < -0.3 is 19.5 Å². The van der Waals surface area contributed by atoms with Gasteiger partial charge in [0.2, 0.25) is 0 Å². The lowest BCUT2D eigenvalue weighted by molar-refractivity contribution is -0.00173. The normalized spacial score (nSPS) is 16.2. The van der Waals surface area contributed by atoms with Crippen LogP contribution in [0.25, 0.3) is 11.3 Å². The molecule has 2 aliphatic rings. The molecule has 2 aromatic carbocycles. The van der Waals surface area contributed by atoms with Crippen LogP contribution in [0.3, 0.4) is 0 Å². The Labute approximate surface area is 197 Å². The number of aliphatic hydroxyl groups excluding tert-OH is 1. The molecule has 0 unspecified atom stereocenters. The second-order valence-corrected chi connectivity index (χ2v) is 9.24. The number of halogens is 1. The molecule has 0 saturated carbocycles. The Morgan fingerprint density at radius 2 is 2.00 bits per heavy atom. The molecule has 34 heavy (non-hydrogen) atoms. The topological polar surface area (TPSA) is 76.8 Å². The molecule has 1 aromatic heterocycles. The van der Waals surface area contributed by atoms with Crippen LogP contribution in [0.15, 0.2) is 42.6 Å². The first-order valence-corrected chi connectivity index (χ1v) is 11.5. The highest BCUT2D eigenvalue weighted by atomic mass is 19.1. The zero-order valence-corrected chi connectivity index (χ0v) is 19.5. The highest BCUT2D eigenvalue weighted by molar-refractivity contribution is 5.94. The van der Waals surface area contributed by atoms with E-state index in [1.165, 1.54) is 12.1 Å². The average Bonchev–Trinajstić information content (AvgIpc) is 3.22. The molecule has 0 atom stereocenters. The lowest BCUT2D eigenvalue weighted by Crippen LogP contribution is -2.49. The Morgan fingerprint density at radius 1 is 1.24 bits per heavy atom. The summed E-state index contributed by atoms with van der Waals surface area (Å²) < 4.78 is 27.8. The van der Waals surface area contributed by atoms with Crippen LogP contribution in [-0.2, 0) is 19.3 Å². The predicted molar refractivity (Wildman–Crippen MR) is 124 cm³/mol. The fourth-order valence-corrected chi connectivity index (χ4v) is 4.89. The average molecular weight is 466 g/mol. The number of rotatable bonds is 4. The molecule has 1 amide bonds. The third kappa shape index (κ3) is 3.81. The van der Waals surface area contributed by atoms with Crippen LogP contribution < -0.4 is 9.47 Å². The number of aliphatic hydroxyl groups is 1. The van der Waals surface area contributed by atoms with Crippen molar-refractivity contribution in [2.75, 3.05) is 13.1 Å². The Bertz CT molecular complexity index is 1240. The molecule has 1 spiro atoms. The monoisotopic (exact) mass is 465 g/mol. The van der Waals surface area contributed by atoms with Crippen LogP contribution in [0.4, 0.5) is 4.39 Å². The Morgan fingerprint density at radius 3 is 2.71 bits per heavy atom. The number of ether oxygens (including phenoxy) is 2. The molecule has 0 bridgehead atoms. The van der Waals surface area contributed by atoms with E-state index in [0.717, 1.165) is 11.3 Å². The fraction of sp³-hybridized carbons (Fsp3) is 0.385. The van der Waals surface area contributed by atoms with Crippen molar-refractivity contribution >= 4 is 5.91 Å². The van der Waals surface area contributed by atoms with E-state index in [-0.39, 0.29) is 24.4 Å². The van der Waals surface area contributed by atoms with Crippen LogP contribution in [0, 0.1) is 5.82 Å². The number of likely N-dealkylation sites (tertiary alicyclic amines) is 1. The van der Waals surface area contributed by atoms with Crippen LogP contribution in [0.5, 0.6) is 11.5 Å². The second-order valence-electron chi connectivity index (χ2n) is 9.24. The number of piperidine rings is 1. The minimum atomic E-state index is -0.615. The smallest absolute Gasteiger partial charge is 0.253 e. The largest absolute Gasteiger partial charge is 0.491 e. The summed E-state index contributed by atoms with van der Waals surface area (Å²) in [7, 11) is 1.84. The second kappa shape index (κ2) is 8.43. The summed E-state index contributed by atoms with van der Waals surface area (Å²) in [5, 5.41) is 14.3. The molecule has 3 heterocycles. The zero-order chi connectivity index (χ0) is 24.0. The number of fused-ring (bicyclic) bond motifs is 4. The Balaban J connectivity index is 1.38. The molecular weight excluding hydrogens is 437 g/mol. The molecule has 178 valence electrons. The van der Waals surface area contributed by atoms with E-state index >= 15 is 0 Å². The number of benzene rings is 2. The summed E-state index contributed by atoms with van der Waals surface area (Å²) in [4.78, 5) is 15.1. The SMILES string of the molecule is CC(C)Oc1ccc(C(=O)N2CCC3(CC2)Oc2ccc(F)cc2-c2nn(C)cc23)cc1CO. The van der Waals surface area contributed by atoms with Gasteiger partial charge in [-0.2, -0.15) is 5.10 Å². The van der Waals surface area contributed by atoms with Gasteiger partial charge >= 0.3 is 0 Å². The zero-order valence-electron chi connectivity index (χ0n) is 19.5. The number of hydrogen-bond donors (Lipinski definition) is 1. The Kier molecular flexibility index (Phi) is 5.56. The highest BCUT2D eigenvalue weighted by Crippen LogP contribution is 2.49. The quantitative estimate of drug-likeness (QED) is 0.630. The maximum absolute atomic E-state index is 13.9. The van der Waals surface area contributed by atoms with Crippen molar-refractivity contribution in [3.8, 4) is 22.8 Å². The molecule has 8 heteroatoms. The number of carbonyl (C=O) groups is 1. The minimum Gasteiger partial charge on any atom is -0.491 e. The number of hydrogen-bond acceptors (Lipinski definition) is 5. The van der Waals surface area contributed by atoms with Crippen molar-refractivity contribution < 1.29 is 23.8 Å². The van der Waals surface area contributed by atoms with E-state index in [1.807, 2.05) is 32.0 Å². The van der Waals surface area contributed by atoms with Gasteiger partial charge in [-0.15, -0.1) is 0 Å². The van der Waals surface area contributed by atoms with Gasteiger partial charge in [0.1, 0.15) is 28.6 Å². The van der Waals surface area contributed by atoms with Crippen molar-refractivity contribution in [2.45, 2.75) is 45.0 Å². The lowest BCUT2D eigenvalue weighted by Gasteiger charge is -2.44. The summed E-state index contributed by atoms with van der Waals surface area (Å²) in [6.45, 7) is 4.63. The molecule has 0 radical (unpaired) electrons. The van der Waals surface area contributed by atoms with Gasteiger partial charge in [0.05, 0.1) is 12.7 Å². The fourth-order valence-electron chi connectivity index (χ4n) is 4.89. The summed E-state index contributed by atoms with van der Waals surface area (Å²) in [6.07, 6.45) is 3.09. The standard InChI is InChI=1S/C26H28FN3O4/c1-16(2)33-22-6-4-17(12-18(22)15-31)25(32)30-10-8-26(9-11-30)21-14-29(3)28-24(21)20-13-19(27)5-7-23(20)34-26/h4-7,12-14,16,31H,8-11,15H2,1-3H3. The molecular formula is C26H28FN3O4. The van der Waals surface area contributed by atoms with Crippen molar-refractivity contribution in [3.05, 3.63) is 65.1 Å². The number of aryl methyl sites for hydroxylation is 1. The van der Waals surface area contributed by atoms with Gasteiger partial charge in [-0.3, -0.25) is 9.48 Å². The summed E-state index contributed by atoms with van der Waals surface area (Å²) in [6, 6.07) is 9.68. The van der Waals surface area contributed by atoms with E-state index in [9.17, 15) is 14.3 Å². The predicted octanol–water partition coefficient (Wildman–Crippen LogP) is 4.03. The third-order valence-electron chi connectivity index (χ3n) is 6.52. The summed E-state index contributed by atoms with van der Waals surface area (Å²) >= 11 is 0. The van der Waals surface area contributed by atoms with Gasteiger partial charge in [0, 0.05) is 61.4 Å². The van der Waals surface area contributed by atoms with Gasteiger partial charge in [0.15, 0.2) is 0 Å². The van der Waals surface area contributed by atoms with Gasteiger partial charge in [-0.25, -0.2) is 4.39 Å². The van der Waals surface area contributed by atoms with E-state index in [1.54, 1.807) is 28.9 Å². The van der Waals surface area contributed by atoms with Gasteiger partial charge in [-0.1, -0.05) is 0 Å². The summed E-state index contributed by atoms with van der Waals surface area (Å²) in [5.74, 6) is 0.773. The maximum atomic E-state index is 13.9. The highest BCUT2D eigenvalue weighted by Gasteiger charge is 2.46. The van der Waals surface area contributed by atoms with Crippen LogP contribution in [-0.4, -0.2) is 44.9 Å². The molecule has 7 nitrogen and oxygen atoms in total. The van der Waals surface area contributed by atoms with Gasteiger partial charge in [0.25, 0.3) is 5.91 Å². The van der Waals surface area contributed by atoms with Crippen molar-refractivity contribution in [2.24, 2.45) is 7.05 Å². The molecule has 3 aromatic rings. The Hall–Kier alpha value is -3.39.